The Balaban J connectivity index is 1.42. The van der Waals surface area contributed by atoms with E-state index in [0.29, 0.717) is 48.2 Å². The molecule has 2 aromatic carbocycles. The van der Waals surface area contributed by atoms with Gasteiger partial charge in [0, 0.05) is 60.7 Å². The number of amides is 1. The third-order valence-electron chi connectivity index (χ3n) is 6.49. The number of nitrogens with zero attached hydrogens (tertiary/aromatic N) is 6. The first-order valence-electron chi connectivity index (χ1n) is 12.6. The number of methoxy groups -OCH3 is 1. The largest absolute Gasteiger partial charge is 0.494 e. The molecule has 1 fully saturated rings. The Morgan fingerprint density at radius 2 is 2.05 bits per heavy atom. The van der Waals surface area contributed by atoms with Gasteiger partial charge in [-0.25, -0.2) is 9.97 Å². The summed E-state index contributed by atoms with van der Waals surface area (Å²) in [4.78, 5) is 25.4. The van der Waals surface area contributed by atoms with Gasteiger partial charge in [-0.05, 0) is 43.9 Å². The number of anilines is 2. The van der Waals surface area contributed by atoms with E-state index in [4.69, 9.17) is 15.9 Å². The Morgan fingerprint density at radius 1 is 1.21 bits per heavy atom. The number of carbonyl (C=O) groups is 1. The zero-order chi connectivity index (χ0) is 27.5. The lowest BCUT2D eigenvalue weighted by Gasteiger charge is -2.20. The van der Waals surface area contributed by atoms with Crippen LogP contribution in [-0.4, -0.2) is 82.4 Å². The van der Waals surface area contributed by atoms with Crippen molar-refractivity contribution in [2.45, 2.75) is 12.5 Å². The Bertz CT molecular complexity index is 1560. The number of terminal acetylenes is 1. The highest BCUT2D eigenvalue weighted by molar-refractivity contribution is 5.86. The van der Waals surface area contributed by atoms with Crippen molar-refractivity contribution in [2.24, 2.45) is 7.05 Å². The zero-order valence-electron chi connectivity index (χ0n) is 22.5. The predicted molar refractivity (Wildman–Crippen MR) is 150 cm³/mol. The van der Waals surface area contributed by atoms with Crippen LogP contribution in [-0.2, 0) is 11.8 Å². The number of likely N-dealkylation sites (N-methyl/N-ethyl adjacent to an activating group) is 1. The Kier molecular flexibility index (Phi) is 7.34. The molecule has 0 spiro atoms. The average molecular weight is 526 g/mol. The van der Waals surface area contributed by atoms with Crippen LogP contribution in [0, 0.1) is 12.3 Å². The number of fused-ring (bicyclic) bond motifs is 1. The molecule has 1 aliphatic rings. The molecule has 1 N–H and O–H groups in total. The number of ether oxygens (including phenoxy) is 2. The molecular weight excluding hydrogens is 494 g/mol. The molecule has 0 radical (unpaired) electrons. The van der Waals surface area contributed by atoms with Crippen molar-refractivity contribution in [1.82, 2.24) is 29.5 Å². The van der Waals surface area contributed by atoms with Crippen LogP contribution < -0.4 is 14.8 Å². The van der Waals surface area contributed by atoms with Gasteiger partial charge >= 0.3 is 0 Å². The number of likely N-dealkylation sites (tertiary alicyclic amines) is 1. The number of hydrogen-bond donors (Lipinski definition) is 1. The van der Waals surface area contributed by atoms with Crippen LogP contribution in [0.4, 0.5) is 11.6 Å². The van der Waals surface area contributed by atoms with Gasteiger partial charge in [-0.2, -0.15) is 5.10 Å². The maximum atomic E-state index is 12.5. The lowest BCUT2D eigenvalue weighted by atomic mass is 10.1. The van der Waals surface area contributed by atoms with E-state index >= 15 is 0 Å². The van der Waals surface area contributed by atoms with Gasteiger partial charge in [0.1, 0.15) is 23.1 Å². The molecule has 5 rings (SSSR count). The molecule has 200 valence electrons. The highest BCUT2D eigenvalue weighted by Gasteiger charge is 2.28. The second-order valence-electron chi connectivity index (χ2n) is 9.83. The number of rotatable bonds is 8. The summed E-state index contributed by atoms with van der Waals surface area (Å²) in [6.07, 6.45) is 11.7. The van der Waals surface area contributed by atoms with E-state index in [1.54, 1.807) is 30.3 Å². The van der Waals surface area contributed by atoms with Gasteiger partial charge in [-0.3, -0.25) is 9.48 Å². The van der Waals surface area contributed by atoms with E-state index in [1.165, 1.54) is 0 Å². The van der Waals surface area contributed by atoms with Crippen molar-refractivity contribution in [3.05, 3.63) is 54.5 Å². The fourth-order valence-electron chi connectivity index (χ4n) is 4.63. The summed E-state index contributed by atoms with van der Waals surface area (Å²) >= 11 is 0. The topological polar surface area (TPSA) is 97.6 Å². The first-order chi connectivity index (χ1) is 18.8. The van der Waals surface area contributed by atoms with Crippen molar-refractivity contribution in [3.8, 4) is 35.0 Å². The summed E-state index contributed by atoms with van der Waals surface area (Å²) in [6, 6.07) is 9.53. The van der Waals surface area contributed by atoms with Crippen LogP contribution in [0.15, 0.2) is 48.9 Å². The summed E-state index contributed by atoms with van der Waals surface area (Å²) in [5.41, 5.74) is 3.98. The molecule has 1 atom stereocenters. The molecule has 1 amide bonds. The lowest BCUT2D eigenvalue weighted by Crippen LogP contribution is -2.37. The van der Waals surface area contributed by atoms with Crippen molar-refractivity contribution in [3.63, 3.8) is 0 Å². The quantitative estimate of drug-likeness (QED) is 0.350. The summed E-state index contributed by atoms with van der Waals surface area (Å²) in [5.74, 6) is 4.40. The molecule has 0 unspecified atom stereocenters. The zero-order valence-corrected chi connectivity index (χ0v) is 22.5. The first-order valence-corrected chi connectivity index (χ1v) is 12.6. The van der Waals surface area contributed by atoms with E-state index in [9.17, 15) is 4.79 Å². The van der Waals surface area contributed by atoms with Gasteiger partial charge in [0.15, 0.2) is 0 Å². The highest BCUT2D eigenvalue weighted by atomic mass is 16.5. The van der Waals surface area contributed by atoms with Gasteiger partial charge in [-0.15, -0.1) is 6.42 Å². The van der Waals surface area contributed by atoms with Gasteiger partial charge < -0.3 is 24.6 Å². The Labute approximate surface area is 227 Å². The smallest absolute Gasteiger partial charge is 0.236 e. The minimum Gasteiger partial charge on any atom is -0.494 e. The molecule has 39 heavy (non-hydrogen) atoms. The fourth-order valence-corrected chi connectivity index (χ4v) is 4.63. The molecule has 3 heterocycles. The van der Waals surface area contributed by atoms with Crippen molar-refractivity contribution in [1.29, 1.82) is 0 Å². The normalized spacial score (nSPS) is 15.0. The summed E-state index contributed by atoms with van der Waals surface area (Å²) in [5, 5.41) is 8.41. The third kappa shape index (κ3) is 5.94. The minimum atomic E-state index is -0.0976. The van der Waals surface area contributed by atoms with Gasteiger partial charge in [0.2, 0.25) is 11.9 Å². The molecule has 0 saturated carbocycles. The number of aryl methyl sites for hydroxylation is 1. The van der Waals surface area contributed by atoms with Crippen LogP contribution in [0.5, 0.6) is 11.5 Å². The van der Waals surface area contributed by atoms with E-state index in [-0.39, 0.29) is 12.0 Å². The molecule has 1 saturated heterocycles. The molecule has 0 aliphatic carbocycles. The van der Waals surface area contributed by atoms with Crippen LogP contribution in [0.2, 0.25) is 0 Å². The summed E-state index contributed by atoms with van der Waals surface area (Å²) < 4.78 is 13.7. The molecule has 10 nitrogen and oxygen atoms in total. The lowest BCUT2D eigenvalue weighted by molar-refractivity contribution is -0.131. The third-order valence-corrected chi connectivity index (χ3v) is 6.49. The van der Waals surface area contributed by atoms with E-state index < -0.39 is 0 Å². The number of benzene rings is 2. The van der Waals surface area contributed by atoms with Gasteiger partial charge in [0.05, 0.1) is 26.4 Å². The van der Waals surface area contributed by atoms with Crippen molar-refractivity contribution < 1.29 is 14.3 Å². The molecule has 0 bridgehead atoms. The SMILES string of the molecule is C#Cc1cc(OC)c2nc(Nc3cc(O[C@@H]4CCN(C(=O)CN(C)C)C4)cc(-c4cnn(C)c4)c3)ncc2c1. The molecular formula is C29H31N7O3. The van der Waals surface area contributed by atoms with E-state index in [0.717, 1.165) is 28.6 Å². The fraction of sp³-hybridized carbons (Fsp3) is 0.310. The number of aromatic nitrogens is 4. The standard InChI is InChI=1S/C29H31N7O3/c1-6-19-9-21-14-30-29(33-28(21)26(10-19)38-5)32-23-11-20(22-15-31-35(4)16-22)12-25(13-23)39-24-7-8-36(17-24)27(37)18-34(2)3/h1,9-16,24H,7-8,17-18H2,2-5H3,(H,30,32,33)/t24-/m1/s1. The molecule has 2 aromatic heterocycles. The van der Waals surface area contributed by atoms with Gasteiger partial charge in [-0.1, -0.05) is 5.92 Å². The van der Waals surface area contributed by atoms with Crippen LogP contribution in [0.25, 0.3) is 22.0 Å². The average Bonchev–Trinajstić information content (AvgIpc) is 3.56. The van der Waals surface area contributed by atoms with Gasteiger partial charge in [0.25, 0.3) is 0 Å². The van der Waals surface area contributed by atoms with Crippen LogP contribution in [0.1, 0.15) is 12.0 Å². The maximum Gasteiger partial charge on any atom is 0.236 e. The molecule has 4 aromatic rings. The maximum absolute atomic E-state index is 12.5. The second-order valence-corrected chi connectivity index (χ2v) is 9.83. The number of carbonyl (C=O) groups excluding carboxylic acids is 1. The Morgan fingerprint density at radius 3 is 2.77 bits per heavy atom. The molecule has 10 heteroatoms. The summed E-state index contributed by atoms with van der Waals surface area (Å²) in [6.45, 7) is 1.62. The van der Waals surface area contributed by atoms with Crippen LogP contribution >= 0.6 is 0 Å². The van der Waals surface area contributed by atoms with Crippen LogP contribution in [0.3, 0.4) is 0 Å². The van der Waals surface area contributed by atoms with E-state index in [2.05, 4.69) is 26.3 Å². The monoisotopic (exact) mass is 525 g/mol. The van der Waals surface area contributed by atoms with Crippen molar-refractivity contribution >= 4 is 28.4 Å². The van der Waals surface area contributed by atoms with E-state index in [1.807, 2.05) is 61.4 Å². The summed E-state index contributed by atoms with van der Waals surface area (Å²) in [7, 11) is 7.25. The highest BCUT2D eigenvalue weighted by Crippen LogP contribution is 2.32. The van der Waals surface area contributed by atoms with Crippen molar-refractivity contribution in [2.75, 3.05) is 46.2 Å². The Hall–Kier alpha value is -4.62. The molecule has 1 aliphatic heterocycles. The number of nitrogens with one attached hydrogen (secondary N) is 1. The second kappa shape index (κ2) is 11.0. The predicted octanol–water partition coefficient (Wildman–Crippen LogP) is 3.31. The minimum absolute atomic E-state index is 0.0976. The number of hydrogen-bond acceptors (Lipinski definition) is 8. The first kappa shape index (κ1) is 26.0.